The van der Waals surface area contributed by atoms with E-state index < -0.39 is 0 Å². The SMILES string of the molecule is CCCCC(CC)COC1CC(CN)C1. The second-order valence-corrected chi connectivity index (χ2v) is 4.94. The zero-order chi connectivity index (χ0) is 11.1. The zero-order valence-electron chi connectivity index (χ0n) is 10.4. The van der Waals surface area contributed by atoms with Crippen LogP contribution >= 0.6 is 0 Å². The highest BCUT2D eigenvalue weighted by Gasteiger charge is 2.28. The van der Waals surface area contributed by atoms with Crippen LogP contribution in [0.25, 0.3) is 0 Å². The molecule has 0 saturated heterocycles. The Kier molecular flexibility index (Phi) is 6.26. The number of hydrogen-bond donors (Lipinski definition) is 1. The van der Waals surface area contributed by atoms with E-state index in [2.05, 4.69) is 13.8 Å². The Morgan fingerprint density at radius 3 is 2.60 bits per heavy atom. The van der Waals surface area contributed by atoms with E-state index in [4.69, 9.17) is 10.5 Å². The van der Waals surface area contributed by atoms with Gasteiger partial charge in [-0.15, -0.1) is 0 Å². The van der Waals surface area contributed by atoms with Crippen LogP contribution in [0.1, 0.15) is 52.4 Å². The molecule has 2 N–H and O–H groups in total. The summed E-state index contributed by atoms with van der Waals surface area (Å²) in [4.78, 5) is 0. The largest absolute Gasteiger partial charge is 0.378 e. The number of ether oxygens (including phenoxy) is 1. The van der Waals surface area contributed by atoms with Crippen molar-refractivity contribution in [3.8, 4) is 0 Å². The van der Waals surface area contributed by atoms with E-state index in [9.17, 15) is 0 Å². The van der Waals surface area contributed by atoms with Gasteiger partial charge in [0.1, 0.15) is 0 Å². The van der Waals surface area contributed by atoms with Crippen molar-refractivity contribution in [2.24, 2.45) is 17.6 Å². The van der Waals surface area contributed by atoms with E-state index in [-0.39, 0.29) is 0 Å². The van der Waals surface area contributed by atoms with Crippen LogP contribution in [-0.2, 0) is 4.74 Å². The molecule has 0 bridgehead atoms. The summed E-state index contributed by atoms with van der Waals surface area (Å²) in [5, 5.41) is 0. The van der Waals surface area contributed by atoms with Gasteiger partial charge in [-0.1, -0.05) is 33.1 Å². The van der Waals surface area contributed by atoms with Gasteiger partial charge in [-0.2, -0.15) is 0 Å². The summed E-state index contributed by atoms with van der Waals surface area (Å²) < 4.78 is 5.90. The number of rotatable bonds is 8. The second-order valence-electron chi connectivity index (χ2n) is 4.94. The molecule has 0 spiro atoms. The van der Waals surface area contributed by atoms with Gasteiger partial charge in [-0.3, -0.25) is 0 Å². The summed E-state index contributed by atoms with van der Waals surface area (Å²) in [6.07, 6.45) is 8.15. The lowest BCUT2D eigenvalue weighted by molar-refractivity contribution is -0.0440. The summed E-state index contributed by atoms with van der Waals surface area (Å²) in [7, 11) is 0. The summed E-state index contributed by atoms with van der Waals surface area (Å²) in [5.74, 6) is 1.52. The Labute approximate surface area is 94.6 Å². The number of hydrogen-bond acceptors (Lipinski definition) is 2. The highest BCUT2D eigenvalue weighted by atomic mass is 16.5. The molecule has 1 aliphatic carbocycles. The van der Waals surface area contributed by atoms with Crippen molar-refractivity contribution in [2.45, 2.75) is 58.5 Å². The molecular formula is C13H27NO. The van der Waals surface area contributed by atoms with Crippen molar-refractivity contribution in [1.29, 1.82) is 0 Å². The van der Waals surface area contributed by atoms with Crippen LogP contribution in [0.15, 0.2) is 0 Å². The minimum absolute atomic E-state index is 0.522. The lowest BCUT2D eigenvalue weighted by Gasteiger charge is -2.35. The molecule has 2 heteroatoms. The molecule has 1 aliphatic rings. The van der Waals surface area contributed by atoms with Crippen LogP contribution in [0.4, 0.5) is 0 Å². The fourth-order valence-corrected chi connectivity index (χ4v) is 2.17. The predicted molar refractivity (Wildman–Crippen MR) is 64.8 cm³/mol. The summed E-state index contributed by atoms with van der Waals surface area (Å²) >= 11 is 0. The third-order valence-electron chi connectivity index (χ3n) is 3.64. The van der Waals surface area contributed by atoms with E-state index >= 15 is 0 Å². The van der Waals surface area contributed by atoms with Gasteiger partial charge < -0.3 is 10.5 Å². The molecule has 0 aromatic rings. The van der Waals surface area contributed by atoms with Crippen molar-refractivity contribution in [3.05, 3.63) is 0 Å². The Morgan fingerprint density at radius 2 is 2.07 bits per heavy atom. The van der Waals surface area contributed by atoms with Gasteiger partial charge in [-0.25, -0.2) is 0 Å². The molecule has 1 rings (SSSR count). The Hall–Kier alpha value is -0.0800. The van der Waals surface area contributed by atoms with Crippen molar-refractivity contribution < 1.29 is 4.74 Å². The molecular weight excluding hydrogens is 186 g/mol. The van der Waals surface area contributed by atoms with Crippen LogP contribution in [0.3, 0.4) is 0 Å². The van der Waals surface area contributed by atoms with Crippen LogP contribution < -0.4 is 5.73 Å². The van der Waals surface area contributed by atoms with Crippen LogP contribution in [0.5, 0.6) is 0 Å². The molecule has 0 radical (unpaired) electrons. The molecule has 0 aliphatic heterocycles. The molecule has 1 unspecified atom stereocenters. The summed E-state index contributed by atoms with van der Waals surface area (Å²) in [6, 6.07) is 0. The Bertz CT molecular complexity index is 155. The molecule has 0 amide bonds. The Morgan fingerprint density at radius 1 is 1.33 bits per heavy atom. The van der Waals surface area contributed by atoms with Gasteiger partial charge in [0.25, 0.3) is 0 Å². The van der Waals surface area contributed by atoms with E-state index in [1.165, 1.54) is 38.5 Å². The van der Waals surface area contributed by atoms with Crippen molar-refractivity contribution >= 4 is 0 Å². The molecule has 0 aromatic heterocycles. The molecule has 2 nitrogen and oxygen atoms in total. The molecule has 0 aromatic carbocycles. The second kappa shape index (κ2) is 7.24. The maximum absolute atomic E-state index is 5.90. The van der Waals surface area contributed by atoms with Gasteiger partial charge in [0.2, 0.25) is 0 Å². The number of nitrogens with two attached hydrogens (primary N) is 1. The van der Waals surface area contributed by atoms with Crippen LogP contribution in [-0.4, -0.2) is 19.3 Å². The standard InChI is InChI=1S/C13H27NO/c1-3-5-6-11(4-2)10-15-13-7-12(8-13)9-14/h11-13H,3-10,14H2,1-2H3. The first-order chi connectivity index (χ1) is 7.30. The first kappa shape index (κ1) is 13.0. The third kappa shape index (κ3) is 4.52. The minimum atomic E-state index is 0.522. The molecule has 1 atom stereocenters. The molecule has 1 fully saturated rings. The zero-order valence-corrected chi connectivity index (χ0v) is 10.4. The van der Waals surface area contributed by atoms with Gasteiger partial charge in [-0.05, 0) is 37.6 Å². The normalized spacial score (nSPS) is 27.4. The first-order valence-corrected chi connectivity index (χ1v) is 6.61. The van der Waals surface area contributed by atoms with Crippen LogP contribution in [0.2, 0.25) is 0 Å². The average molecular weight is 213 g/mol. The summed E-state index contributed by atoms with van der Waals surface area (Å²) in [5.41, 5.74) is 5.59. The Balaban J connectivity index is 2.02. The monoisotopic (exact) mass is 213 g/mol. The molecule has 15 heavy (non-hydrogen) atoms. The quantitative estimate of drug-likeness (QED) is 0.673. The van der Waals surface area contributed by atoms with Crippen molar-refractivity contribution in [1.82, 2.24) is 0 Å². The van der Waals surface area contributed by atoms with Gasteiger partial charge in [0.15, 0.2) is 0 Å². The molecule has 1 saturated carbocycles. The van der Waals surface area contributed by atoms with Gasteiger partial charge >= 0.3 is 0 Å². The fraction of sp³-hybridized carbons (Fsp3) is 1.00. The van der Waals surface area contributed by atoms with E-state index in [1.807, 2.05) is 0 Å². The van der Waals surface area contributed by atoms with Crippen molar-refractivity contribution in [3.63, 3.8) is 0 Å². The maximum atomic E-state index is 5.90. The summed E-state index contributed by atoms with van der Waals surface area (Å²) in [6.45, 7) is 6.34. The van der Waals surface area contributed by atoms with Gasteiger partial charge in [0.05, 0.1) is 6.10 Å². The van der Waals surface area contributed by atoms with E-state index in [0.29, 0.717) is 6.10 Å². The van der Waals surface area contributed by atoms with Crippen LogP contribution in [0, 0.1) is 11.8 Å². The lowest BCUT2D eigenvalue weighted by Crippen LogP contribution is -2.36. The average Bonchev–Trinajstić information content (AvgIpc) is 2.20. The first-order valence-electron chi connectivity index (χ1n) is 6.61. The smallest absolute Gasteiger partial charge is 0.0581 e. The van der Waals surface area contributed by atoms with Gasteiger partial charge in [0, 0.05) is 6.61 Å². The fourth-order valence-electron chi connectivity index (χ4n) is 2.17. The predicted octanol–water partition coefficient (Wildman–Crippen LogP) is 2.96. The van der Waals surface area contributed by atoms with E-state index in [1.54, 1.807) is 0 Å². The third-order valence-corrected chi connectivity index (χ3v) is 3.64. The highest BCUT2D eigenvalue weighted by Crippen LogP contribution is 2.29. The van der Waals surface area contributed by atoms with E-state index in [0.717, 1.165) is 25.0 Å². The molecule has 0 heterocycles. The maximum Gasteiger partial charge on any atom is 0.0581 e. The molecule has 90 valence electrons. The van der Waals surface area contributed by atoms with Crippen molar-refractivity contribution in [2.75, 3.05) is 13.2 Å². The minimum Gasteiger partial charge on any atom is -0.378 e. The lowest BCUT2D eigenvalue weighted by atomic mass is 9.82. The number of unbranched alkanes of at least 4 members (excludes halogenated alkanes) is 1. The highest BCUT2D eigenvalue weighted by molar-refractivity contribution is 4.80. The topological polar surface area (TPSA) is 35.2 Å².